The van der Waals surface area contributed by atoms with Crippen LogP contribution >= 0.6 is 0 Å². The number of nitrogens with one attached hydrogen (secondary N) is 2. The number of anilines is 1. The molecule has 2 heterocycles. The zero-order valence-electron chi connectivity index (χ0n) is 14.3. The molecule has 1 aromatic carbocycles. The van der Waals surface area contributed by atoms with Gasteiger partial charge in [0.2, 0.25) is 5.95 Å². The minimum Gasteiger partial charge on any atom is -0.467 e. The van der Waals surface area contributed by atoms with Crippen molar-refractivity contribution < 1.29 is 13.6 Å². The highest BCUT2D eigenvalue weighted by Gasteiger charge is 2.10. The minimum atomic E-state index is -0.279. The van der Waals surface area contributed by atoms with Crippen LogP contribution in [-0.4, -0.2) is 22.4 Å². The molecule has 0 atom stereocenters. The molecule has 0 saturated carbocycles. The predicted octanol–water partition coefficient (Wildman–Crippen LogP) is 3.10. The number of hydrogen-bond acceptors (Lipinski definition) is 5. The molecule has 0 spiro atoms. The summed E-state index contributed by atoms with van der Waals surface area (Å²) < 4.78 is 18.1. The molecule has 1 amide bonds. The maximum atomic E-state index is 12.9. The number of hydrogen-bond donors (Lipinski definition) is 2. The standard InChI is InChI=1S/C19H19FN4O2/c1-13-11-17(24-19(23-13)22-12-16-3-2-10-26-16)18(25)21-9-8-14-4-6-15(20)7-5-14/h2-7,10-11H,8-9,12H2,1H3,(H,21,25)(H,22,23,24). The molecule has 6 nitrogen and oxygen atoms in total. The Bertz CT molecular complexity index is 864. The summed E-state index contributed by atoms with van der Waals surface area (Å²) in [4.78, 5) is 20.8. The summed E-state index contributed by atoms with van der Waals surface area (Å²) in [6.45, 7) is 2.67. The third kappa shape index (κ3) is 4.89. The van der Waals surface area contributed by atoms with Gasteiger partial charge >= 0.3 is 0 Å². The summed E-state index contributed by atoms with van der Waals surface area (Å²) in [6, 6.07) is 11.5. The Morgan fingerprint density at radius 1 is 1.19 bits per heavy atom. The molecular formula is C19H19FN4O2. The van der Waals surface area contributed by atoms with E-state index < -0.39 is 0 Å². The molecular weight excluding hydrogens is 335 g/mol. The Labute approximate surface area is 150 Å². The summed E-state index contributed by atoms with van der Waals surface area (Å²) in [5.41, 5.74) is 1.93. The second-order valence-corrected chi connectivity index (χ2v) is 5.78. The highest BCUT2D eigenvalue weighted by molar-refractivity contribution is 5.92. The summed E-state index contributed by atoms with van der Waals surface area (Å²) in [5, 5.41) is 5.86. The van der Waals surface area contributed by atoms with Gasteiger partial charge in [-0.1, -0.05) is 12.1 Å². The molecule has 0 aliphatic heterocycles. The van der Waals surface area contributed by atoms with Crippen LogP contribution in [0, 0.1) is 12.7 Å². The van der Waals surface area contributed by atoms with Crippen LogP contribution in [0.2, 0.25) is 0 Å². The predicted molar refractivity (Wildman–Crippen MR) is 95.2 cm³/mol. The molecule has 0 aliphatic rings. The van der Waals surface area contributed by atoms with E-state index in [0.717, 1.165) is 11.3 Å². The average Bonchev–Trinajstić information content (AvgIpc) is 3.15. The van der Waals surface area contributed by atoms with Gasteiger partial charge < -0.3 is 15.1 Å². The van der Waals surface area contributed by atoms with Crippen LogP contribution < -0.4 is 10.6 Å². The maximum absolute atomic E-state index is 12.9. The summed E-state index contributed by atoms with van der Waals surface area (Å²) in [5.74, 6) is 0.563. The molecule has 3 rings (SSSR count). The molecule has 3 aromatic rings. The van der Waals surface area contributed by atoms with E-state index >= 15 is 0 Å². The molecule has 26 heavy (non-hydrogen) atoms. The first-order valence-corrected chi connectivity index (χ1v) is 8.25. The van der Waals surface area contributed by atoms with Crippen molar-refractivity contribution in [1.29, 1.82) is 0 Å². The second-order valence-electron chi connectivity index (χ2n) is 5.78. The Morgan fingerprint density at radius 3 is 2.73 bits per heavy atom. The van der Waals surface area contributed by atoms with E-state index in [0.29, 0.717) is 36.8 Å². The van der Waals surface area contributed by atoms with Crippen molar-refractivity contribution in [3.63, 3.8) is 0 Å². The van der Waals surface area contributed by atoms with Crippen molar-refractivity contribution in [3.05, 3.63) is 77.3 Å². The maximum Gasteiger partial charge on any atom is 0.270 e. The van der Waals surface area contributed by atoms with Crippen LogP contribution in [0.5, 0.6) is 0 Å². The van der Waals surface area contributed by atoms with Crippen molar-refractivity contribution in [2.24, 2.45) is 0 Å². The van der Waals surface area contributed by atoms with Crippen molar-refractivity contribution in [1.82, 2.24) is 15.3 Å². The van der Waals surface area contributed by atoms with Gasteiger partial charge in [-0.25, -0.2) is 14.4 Å². The lowest BCUT2D eigenvalue weighted by molar-refractivity contribution is 0.0949. The van der Waals surface area contributed by atoms with Gasteiger partial charge in [-0.2, -0.15) is 0 Å². The quantitative estimate of drug-likeness (QED) is 0.681. The van der Waals surface area contributed by atoms with Gasteiger partial charge in [0, 0.05) is 12.2 Å². The van der Waals surface area contributed by atoms with Gasteiger partial charge in [-0.05, 0) is 49.2 Å². The summed E-state index contributed by atoms with van der Waals surface area (Å²) in [7, 11) is 0. The van der Waals surface area contributed by atoms with E-state index in [1.54, 1.807) is 37.5 Å². The van der Waals surface area contributed by atoms with Gasteiger partial charge in [0.15, 0.2) is 0 Å². The highest BCUT2D eigenvalue weighted by atomic mass is 19.1. The van der Waals surface area contributed by atoms with Gasteiger partial charge in [0.25, 0.3) is 5.91 Å². The normalized spacial score (nSPS) is 10.5. The van der Waals surface area contributed by atoms with Crippen molar-refractivity contribution >= 4 is 11.9 Å². The topological polar surface area (TPSA) is 80.0 Å². The number of carbonyl (C=O) groups excluding carboxylic acids is 1. The highest BCUT2D eigenvalue weighted by Crippen LogP contribution is 2.08. The van der Waals surface area contributed by atoms with E-state index in [4.69, 9.17) is 4.42 Å². The zero-order chi connectivity index (χ0) is 18.4. The number of rotatable bonds is 7. The van der Waals surface area contributed by atoms with Crippen molar-refractivity contribution in [2.45, 2.75) is 19.9 Å². The number of amides is 1. The number of furan rings is 1. The zero-order valence-corrected chi connectivity index (χ0v) is 14.3. The molecule has 2 N–H and O–H groups in total. The van der Waals surface area contributed by atoms with Crippen LogP contribution in [0.1, 0.15) is 27.5 Å². The molecule has 0 radical (unpaired) electrons. The third-order valence-corrected chi connectivity index (χ3v) is 3.70. The van der Waals surface area contributed by atoms with Crippen LogP contribution in [0.25, 0.3) is 0 Å². The van der Waals surface area contributed by atoms with Crippen LogP contribution in [0.4, 0.5) is 10.3 Å². The van der Waals surface area contributed by atoms with E-state index in [-0.39, 0.29) is 11.7 Å². The van der Waals surface area contributed by atoms with Gasteiger partial charge in [-0.3, -0.25) is 4.79 Å². The number of carbonyl (C=O) groups is 1. The van der Waals surface area contributed by atoms with E-state index in [1.165, 1.54) is 12.1 Å². The number of benzene rings is 1. The first kappa shape index (κ1) is 17.6. The number of halogens is 1. The first-order valence-electron chi connectivity index (χ1n) is 8.25. The van der Waals surface area contributed by atoms with Crippen molar-refractivity contribution in [3.8, 4) is 0 Å². The Kier molecular flexibility index (Phi) is 5.58. The Hall–Kier alpha value is -3.22. The molecule has 2 aromatic heterocycles. The Balaban J connectivity index is 1.56. The molecule has 0 aliphatic carbocycles. The van der Waals surface area contributed by atoms with E-state index in [1.807, 2.05) is 6.07 Å². The molecule has 0 fully saturated rings. The lowest BCUT2D eigenvalue weighted by Gasteiger charge is -2.08. The fourth-order valence-electron chi connectivity index (χ4n) is 2.41. The Morgan fingerprint density at radius 2 is 2.00 bits per heavy atom. The molecule has 0 bridgehead atoms. The number of aryl methyl sites for hydroxylation is 1. The van der Waals surface area contributed by atoms with Gasteiger partial charge in [-0.15, -0.1) is 0 Å². The van der Waals surface area contributed by atoms with Gasteiger partial charge in [0.05, 0.1) is 12.8 Å². The van der Waals surface area contributed by atoms with Crippen molar-refractivity contribution in [2.75, 3.05) is 11.9 Å². The van der Waals surface area contributed by atoms with Gasteiger partial charge in [0.1, 0.15) is 17.3 Å². The molecule has 7 heteroatoms. The van der Waals surface area contributed by atoms with Crippen LogP contribution in [-0.2, 0) is 13.0 Å². The van der Waals surface area contributed by atoms with Crippen LogP contribution in [0.3, 0.4) is 0 Å². The average molecular weight is 354 g/mol. The monoisotopic (exact) mass is 354 g/mol. The lowest BCUT2D eigenvalue weighted by Crippen LogP contribution is -2.27. The minimum absolute atomic E-state index is 0.274. The lowest BCUT2D eigenvalue weighted by atomic mass is 10.1. The molecule has 0 unspecified atom stereocenters. The third-order valence-electron chi connectivity index (χ3n) is 3.70. The SMILES string of the molecule is Cc1cc(C(=O)NCCc2ccc(F)cc2)nc(NCc2ccco2)n1. The summed E-state index contributed by atoms with van der Waals surface area (Å²) in [6.07, 6.45) is 2.20. The summed E-state index contributed by atoms with van der Waals surface area (Å²) >= 11 is 0. The second kappa shape index (κ2) is 8.24. The molecule has 0 saturated heterocycles. The molecule has 134 valence electrons. The fraction of sp³-hybridized carbons (Fsp3) is 0.211. The fourth-order valence-corrected chi connectivity index (χ4v) is 2.41. The van der Waals surface area contributed by atoms with E-state index in [9.17, 15) is 9.18 Å². The number of aromatic nitrogens is 2. The largest absolute Gasteiger partial charge is 0.467 e. The smallest absolute Gasteiger partial charge is 0.270 e. The number of nitrogens with zero attached hydrogens (tertiary/aromatic N) is 2. The van der Waals surface area contributed by atoms with Crippen LogP contribution in [0.15, 0.2) is 53.1 Å². The van der Waals surface area contributed by atoms with E-state index in [2.05, 4.69) is 20.6 Å². The first-order chi connectivity index (χ1) is 12.6.